The first-order chi connectivity index (χ1) is 24.1. The summed E-state index contributed by atoms with van der Waals surface area (Å²) in [7, 11) is 0. The highest BCUT2D eigenvalue weighted by Gasteiger charge is 2.60. The monoisotopic (exact) mass is 729 g/mol. The molecule has 0 heterocycles. The third-order valence-corrected chi connectivity index (χ3v) is 15.3. The quantitative estimate of drug-likeness (QED) is 0.0989. The van der Waals surface area contributed by atoms with E-state index in [1.54, 1.807) is 0 Å². The van der Waals surface area contributed by atoms with Crippen LogP contribution in [0.15, 0.2) is 0 Å². The lowest BCUT2D eigenvalue weighted by atomic mass is 9.46. The van der Waals surface area contributed by atoms with Crippen LogP contribution in [-0.2, 0) is 38.1 Å². The first kappa shape index (κ1) is 41.1. The summed E-state index contributed by atoms with van der Waals surface area (Å²) in [5.41, 5.74) is -1.62. The van der Waals surface area contributed by atoms with Crippen molar-refractivity contribution in [3.63, 3.8) is 0 Å². The van der Waals surface area contributed by atoms with Crippen molar-refractivity contribution in [3.8, 4) is 0 Å². The number of ether oxygens (including phenoxy) is 4. The highest BCUT2D eigenvalue weighted by atomic mass is 16.6. The summed E-state index contributed by atoms with van der Waals surface area (Å²) in [6, 6.07) is 0. The first-order valence-corrected chi connectivity index (χ1v) is 20.9. The van der Waals surface area contributed by atoms with Crippen LogP contribution in [0.1, 0.15) is 172 Å². The van der Waals surface area contributed by atoms with Gasteiger partial charge in [0.15, 0.2) is 6.61 Å². The van der Waals surface area contributed by atoms with Gasteiger partial charge in [0.05, 0.1) is 17.4 Å². The molecule has 0 spiro atoms. The lowest BCUT2D eigenvalue weighted by Crippen LogP contribution is -2.57. The predicted molar refractivity (Wildman–Crippen MR) is 201 cm³/mol. The molecule has 296 valence electrons. The van der Waals surface area contributed by atoms with Crippen LogP contribution in [-0.4, -0.2) is 48.3 Å². The minimum Gasteiger partial charge on any atom is -0.465 e. The number of carbonyl (C=O) groups excluding carboxylic acids is 4. The van der Waals surface area contributed by atoms with Crippen molar-refractivity contribution in [2.75, 3.05) is 13.2 Å². The highest BCUT2D eigenvalue weighted by Crippen LogP contribution is 2.65. The Balaban J connectivity index is 0.000000202. The van der Waals surface area contributed by atoms with Gasteiger partial charge in [-0.05, 0) is 187 Å². The summed E-state index contributed by atoms with van der Waals surface area (Å²) in [5.74, 6) is 3.88. The maximum absolute atomic E-state index is 12.5. The molecule has 0 aromatic heterocycles. The second-order valence-electron chi connectivity index (χ2n) is 20.7. The number of carbonyl (C=O) groups is 4. The van der Waals surface area contributed by atoms with E-state index in [4.69, 9.17) is 18.9 Å². The normalized spacial score (nSPS) is 33.2. The standard InChI is InChI=1S/C23H38O4.C21H34O4/c1-6-21(2,3)20(25)26-9-7-8-19(24)27-22(4,5)23-13-16-10-17(14-23)12-18(11-16)15-23;1-6-19(2,3)18(23)24-13-17(22)25-20(4,5)21-10-14-7-15(11-21)9-16(8-14)12-21/h16-18H,6-15H2,1-5H3;14-16H,6-13H2,1-5H3. The van der Waals surface area contributed by atoms with Crippen molar-refractivity contribution in [2.24, 2.45) is 57.2 Å². The van der Waals surface area contributed by atoms with Gasteiger partial charge in [0.25, 0.3) is 0 Å². The molecule has 0 atom stereocenters. The molecule has 52 heavy (non-hydrogen) atoms. The number of hydrogen-bond donors (Lipinski definition) is 0. The second kappa shape index (κ2) is 15.2. The van der Waals surface area contributed by atoms with Gasteiger partial charge in [-0.1, -0.05) is 13.8 Å². The number of rotatable bonds is 14. The van der Waals surface area contributed by atoms with E-state index in [2.05, 4.69) is 27.7 Å². The molecule has 8 aliphatic carbocycles. The fourth-order valence-corrected chi connectivity index (χ4v) is 11.7. The van der Waals surface area contributed by atoms with E-state index in [1.165, 1.54) is 77.0 Å². The highest BCUT2D eigenvalue weighted by molar-refractivity contribution is 5.80. The molecule has 0 amide bonds. The SMILES string of the molecule is CCC(C)(C)C(=O)OCC(=O)OC(C)(C)C12CC3CC(CC(C3)C1)C2.CCC(C)(C)C(=O)OCCCC(=O)OC(C)(C)C12CC3CC(CC(C3)C1)C2. The zero-order valence-electron chi connectivity index (χ0n) is 34.5. The molecule has 8 bridgehead atoms. The van der Waals surface area contributed by atoms with E-state index >= 15 is 0 Å². The molecule has 8 aliphatic rings. The van der Waals surface area contributed by atoms with Crippen molar-refractivity contribution in [1.82, 2.24) is 0 Å². The Morgan fingerprint density at radius 3 is 1.19 bits per heavy atom. The molecule has 0 aromatic carbocycles. The summed E-state index contributed by atoms with van der Waals surface area (Å²) in [4.78, 5) is 48.9. The molecular formula is C44H72O8. The van der Waals surface area contributed by atoms with Gasteiger partial charge < -0.3 is 18.9 Å². The van der Waals surface area contributed by atoms with E-state index in [-0.39, 0.29) is 42.0 Å². The fourth-order valence-electron chi connectivity index (χ4n) is 11.7. The van der Waals surface area contributed by atoms with Gasteiger partial charge in [-0.2, -0.15) is 0 Å². The van der Waals surface area contributed by atoms with Crippen LogP contribution in [0, 0.1) is 57.2 Å². The molecule has 8 fully saturated rings. The van der Waals surface area contributed by atoms with Gasteiger partial charge in [-0.25, -0.2) is 4.79 Å². The van der Waals surface area contributed by atoms with Crippen LogP contribution in [0.25, 0.3) is 0 Å². The third kappa shape index (κ3) is 8.72. The number of hydrogen-bond acceptors (Lipinski definition) is 8. The van der Waals surface area contributed by atoms with Gasteiger partial charge in [0.1, 0.15) is 11.2 Å². The van der Waals surface area contributed by atoms with E-state index in [1.807, 2.05) is 41.5 Å². The average molecular weight is 729 g/mol. The smallest absolute Gasteiger partial charge is 0.344 e. The van der Waals surface area contributed by atoms with Gasteiger partial charge in [-0.3, -0.25) is 14.4 Å². The predicted octanol–water partition coefficient (Wildman–Crippen LogP) is 9.79. The van der Waals surface area contributed by atoms with Crippen LogP contribution in [0.3, 0.4) is 0 Å². The second-order valence-corrected chi connectivity index (χ2v) is 20.7. The van der Waals surface area contributed by atoms with Gasteiger partial charge in [0.2, 0.25) is 0 Å². The molecule has 0 unspecified atom stereocenters. The Labute approximate surface area is 315 Å². The summed E-state index contributed by atoms with van der Waals surface area (Å²) in [6.45, 7) is 19.7. The van der Waals surface area contributed by atoms with Gasteiger partial charge in [0, 0.05) is 17.3 Å². The van der Waals surface area contributed by atoms with Crippen molar-refractivity contribution in [1.29, 1.82) is 0 Å². The summed E-state index contributed by atoms with van der Waals surface area (Å²) in [5, 5.41) is 0. The summed E-state index contributed by atoms with van der Waals surface area (Å²) < 4.78 is 22.5. The Morgan fingerprint density at radius 2 is 0.846 bits per heavy atom. The molecule has 8 saturated carbocycles. The molecule has 0 radical (unpaired) electrons. The molecule has 0 aromatic rings. The molecular weight excluding hydrogens is 656 g/mol. The van der Waals surface area contributed by atoms with Crippen LogP contribution in [0.5, 0.6) is 0 Å². The molecule has 0 N–H and O–H groups in total. The maximum atomic E-state index is 12.5. The third-order valence-electron chi connectivity index (χ3n) is 15.3. The largest absolute Gasteiger partial charge is 0.465 e. The zero-order chi connectivity index (χ0) is 38.3. The van der Waals surface area contributed by atoms with Crippen molar-refractivity contribution in [2.45, 2.75) is 183 Å². The lowest BCUT2D eigenvalue weighted by molar-refractivity contribution is -0.203. The molecule has 0 saturated heterocycles. The fraction of sp³-hybridized carbons (Fsp3) is 0.909. The maximum Gasteiger partial charge on any atom is 0.344 e. The zero-order valence-corrected chi connectivity index (χ0v) is 34.5. The Hall–Kier alpha value is -2.12. The van der Waals surface area contributed by atoms with E-state index in [0.29, 0.717) is 19.3 Å². The van der Waals surface area contributed by atoms with Crippen LogP contribution < -0.4 is 0 Å². The Morgan fingerprint density at radius 1 is 0.519 bits per heavy atom. The molecule has 8 rings (SSSR count). The minimum absolute atomic E-state index is 0.115. The Kier molecular flexibility index (Phi) is 12.0. The summed E-state index contributed by atoms with van der Waals surface area (Å²) >= 11 is 0. The first-order valence-electron chi connectivity index (χ1n) is 20.9. The minimum atomic E-state index is -0.560. The van der Waals surface area contributed by atoms with Gasteiger partial charge >= 0.3 is 23.9 Å². The molecule has 0 aliphatic heterocycles. The van der Waals surface area contributed by atoms with Gasteiger partial charge in [-0.15, -0.1) is 0 Å². The van der Waals surface area contributed by atoms with Crippen molar-refractivity contribution >= 4 is 23.9 Å². The number of esters is 4. The summed E-state index contributed by atoms with van der Waals surface area (Å²) in [6.07, 6.45) is 17.8. The molecule has 8 heteroatoms. The van der Waals surface area contributed by atoms with Crippen LogP contribution in [0.4, 0.5) is 0 Å². The average Bonchev–Trinajstić information content (AvgIpc) is 3.04. The van der Waals surface area contributed by atoms with E-state index in [0.717, 1.165) is 41.9 Å². The van der Waals surface area contributed by atoms with E-state index < -0.39 is 28.0 Å². The Bertz CT molecular complexity index is 1250. The van der Waals surface area contributed by atoms with E-state index in [9.17, 15) is 19.2 Å². The van der Waals surface area contributed by atoms with Crippen molar-refractivity contribution < 1.29 is 38.1 Å². The molecule has 8 nitrogen and oxygen atoms in total. The topological polar surface area (TPSA) is 105 Å². The van der Waals surface area contributed by atoms with Crippen LogP contribution in [0.2, 0.25) is 0 Å². The van der Waals surface area contributed by atoms with Crippen LogP contribution >= 0.6 is 0 Å². The van der Waals surface area contributed by atoms with Crippen molar-refractivity contribution in [3.05, 3.63) is 0 Å². The lowest BCUT2D eigenvalue weighted by Gasteiger charge is -2.61.